The van der Waals surface area contributed by atoms with E-state index in [0.717, 1.165) is 25.2 Å². The third kappa shape index (κ3) is 2.85. The van der Waals surface area contributed by atoms with Crippen molar-refractivity contribution in [2.24, 2.45) is 0 Å². The Morgan fingerprint density at radius 2 is 2.25 bits per heavy atom. The molecular formula is C15H21N3O2. The molecule has 2 atom stereocenters. The van der Waals surface area contributed by atoms with Crippen molar-refractivity contribution < 1.29 is 9.53 Å². The number of carbonyl (C=O) groups is 1. The summed E-state index contributed by atoms with van der Waals surface area (Å²) in [7, 11) is 0. The monoisotopic (exact) mass is 275 g/mol. The van der Waals surface area contributed by atoms with Crippen molar-refractivity contribution in [3.63, 3.8) is 0 Å². The van der Waals surface area contributed by atoms with E-state index in [1.807, 2.05) is 6.92 Å². The van der Waals surface area contributed by atoms with Crippen LogP contribution in [0.1, 0.15) is 23.6 Å². The van der Waals surface area contributed by atoms with Crippen molar-refractivity contribution in [3.8, 4) is 0 Å². The third-order valence-electron chi connectivity index (χ3n) is 3.97. The Morgan fingerprint density at radius 3 is 3.10 bits per heavy atom. The number of ether oxygens (including phenoxy) is 1. The minimum atomic E-state index is -0.250. The lowest BCUT2D eigenvalue weighted by Gasteiger charge is -2.29. The van der Waals surface area contributed by atoms with Crippen LogP contribution in [0.5, 0.6) is 0 Å². The van der Waals surface area contributed by atoms with E-state index >= 15 is 0 Å². The largest absolute Gasteiger partial charge is 0.375 e. The van der Waals surface area contributed by atoms with Gasteiger partial charge in [0.25, 0.3) is 0 Å². The molecule has 1 aromatic carbocycles. The second-order valence-electron chi connectivity index (χ2n) is 5.43. The number of nitrogens with one attached hydrogen (secondary N) is 3. The van der Waals surface area contributed by atoms with Crippen LogP contribution >= 0.6 is 0 Å². The molecule has 0 spiro atoms. The minimum absolute atomic E-state index is 0.0100. The van der Waals surface area contributed by atoms with Gasteiger partial charge in [0.15, 0.2) is 0 Å². The van der Waals surface area contributed by atoms with Crippen LogP contribution in [-0.4, -0.2) is 31.2 Å². The molecule has 5 nitrogen and oxygen atoms in total. The van der Waals surface area contributed by atoms with Crippen LogP contribution in [0.25, 0.3) is 0 Å². The molecule has 5 heteroatoms. The molecule has 1 aromatic rings. The van der Waals surface area contributed by atoms with Crippen LogP contribution in [0.3, 0.4) is 0 Å². The number of hydrogen-bond donors (Lipinski definition) is 3. The van der Waals surface area contributed by atoms with E-state index in [0.29, 0.717) is 13.2 Å². The Labute approximate surface area is 119 Å². The predicted octanol–water partition coefficient (Wildman–Crippen LogP) is 0.283. The Balaban J connectivity index is 1.57. The first-order chi connectivity index (χ1) is 9.74. The third-order valence-corrected chi connectivity index (χ3v) is 3.97. The van der Waals surface area contributed by atoms with E-state index in [9.17, 15) is 4.79 Å². The van der Waals surface area contributed by atoms with E-state index in [1.165, 1.54) is 11.1 Å². The molecule has 2 aliphatic rings. The van der Waals surface area contributed by atoms with Gasteiger partial charge in [-0.3, -0.25) is 4.79 Å². The molecule has 2 heterocycles. The zero-order valence-electron chi connectivity index (χ0n) is 11.7. The number of morpholine rings is 1. The fraction of sp³-hybridized carbons (Fsp3) is 0.533. The number of rotatable bonds is 3. The average molecular weight is 275 g/mol. The van der Waals surface area contributed by atoms with Gasteiger partial charge in [0.05, 0.1) is 12.7 Å². The summed E-state index contributed by atoms with van der Waals surface area (Å²) in [5.74, 6) is 0.0100. The summed E-state index contributed by atoms with van der Waals surface area (Å²) in [6, 6.07) is 6.14. The Kier molecular flexibility index (Phi) is 4.00. The first kappa shape index (κ1) is 13.5. The zero-order chi connectivity index (χ0) is 13.9. The minimum Gasteiger partial charge on any atom is -0.375 e. The van der Waals surface area contributed by atoms with Gasteiger partial charge < -0.3 is 20.7 Å². The highest BCUT2D eigenvalue weighted by molar-refractivity contribution is 5.82. The normalized spacial score (nSPS) is 25.2. The average Bonchev–Trinajstić information content (AvgIpc) is 2.92. The molecule has 1 amide bonds. The van der Waals surface area contributed by atoms with E-state index < -0.39 is 0 Å². The van der Waals surface area contributed by atoms with E-state index in [2.05, 4.69) is 34.1 Å². The van der Waals surface area contributed by atoms with Crippen LogP contribution < -0.4 is 16.0 Å². The van der Waals surface area contributed by atoms with Gasteiger partial charge in [-0.25, -0.2) is 0 Å². The SMILES string of the molecule is C[C@H]1OCCN[C@@H]1C(=O)NCc1ccc2c(c1)CNC2. The Bertz CT molecular complexity index is 504. The first-order valence-corrected chi connectivity index (χ1v) is 7.18. The van der Waals surface area contributed by atoms with Gasteiger partial charge >= 0.3 is 0 Å². The first-order valence-electron chi connectivity index (χ1n) is 7.18. The fourth-order valence-electron chi connectivity index (χ4n) is 2.78. The summed E-state index contributed by atoms with van der Waals surface area (Å²) in [5.41, 5.74) is 3.84. The van der Waals surface area contributed by atoms with Gasteiger partial charge in [-0.2, -0.15) is 0 Å². The van der Waals surface area contributed by atoms with Crippen LogP contribution in [0, 0.1) is 0 Å². The van der Waals surface area contributed by atoms with Crippen LogP contribution in [0.15, 0.2) is 18.2 Å². The van der Waals surface area contributed by atoms with E-state index in [4.69, 9.17) is 4.74 Å². The topological polar surface area (TPSA) is 62.4 Å². The highest BCUT2D eigenvalue weighted by Crippen LogP contribution is 2.17. The van der Waals surface area contributed by atoms with Crippen molar-refractivity contribution in [1.82, 2.24) is 16.0 Å². The quantitative estimate of drug-likeness (QED) is 0.742. The second-order valence-corrected chi connectivity index (χ2v) is 5.43. The molecule has 1 fully saturated rings. The molecule has 0 saturated carbocycles. The number of fused-ring (bicyclic) bond motifs is 1. The number of amides is 1. The highest BCUT2D eigenvalue weighted by atomic mass is 16.5. The summed E-state index contributed by atoms with van der Waals surface area (Å²) in [6.07, 6.45) is -0.0760. The Hall–Kier alpha value is -1.43. The summed E-state index contributed by atoms with van der Waals surface area (Å²) in [5, 5.41) is 9.51. The Morgan fingerprint density at radius 1 is 1.40 bits per heavy atom. The number of hydrogen-bond acceptors (Lipinski definition) is 4. The zero-order valence-corrected chi connectivity index (χ0v) is 11.7. The van der Waals surface area contributed by atoms with Crippen molar-refractivity contribution in [1.29, 1.82) is 0 Å². The van der Waals surface area contributed by atoms with Crippen molar-refractivity contribution in [2.75, 3.05) is 13.2 Å². The van der Waals surface area contributed by atoms with Crippen LogP contribution in [-0.2, 0) is 29.2 Å². The number of carbonyl (C=O) groups excluding carboxylic acids is 1. The molecule has 20 heavy (non-hydrogen) atoms. The van der Waals surface area contributed by atoms with Crippen LogP contribution in [0.4, 0.5) is 0 Å². The molecule has 108 valence electrons. The van der Waals surface area contributed by atoms with Gasteiger partial charge in [0.2, 0.25) is 5.91 Å². The van der Waals surface area contributed by atoms with Gasteiger partial charge in [0.1, 0.15) is 6.04 Å². The lowest BCUT2D eigenvalue weighted by Crippen LogP contribution is -2.55. The van der Waals surface area contributed by atoms with Crippen molar-refractivity contribution >= 4 is 5.91 Å². The lowest BCUT2D eigenvalue weighted by molar-refractivity contribution is -0.129. The van der Waals surface area contributed by atoms with Gasteiger partial charge in [-0.15, -0.1) is 0 Å². The second kappa shape index (κ2) is 5.91. The highest BCUT2D eigenvalue weighted by Gasteiger charge is 2.27. The maximum atomic E-state index is 12.1. The smallest absolute Gasteiger partial charge is 0.240 e. The molecule has 0 aromatic heterocycles. The molecular weight excluding hydrogens is 254 g/mol. The van der Waals surface area contributed by atoms with Gasteiger partial charge in [-0.1, -0.05) is 18.2 Å². The summed E-state index contributed by atoms with van der Waals surface area (Å²) < 4.78 is 5.49. The van der Waals surface area contributed by atoms with E-state index in [-0.39, 0.29) is 18.1 Å². The van der Waals surface area contributed by atoms with Crippen molar-refractivity contribution in [2.45, 2.75) is 38.7 Å². The summed E-state index contributed by atoms with van der Waals surface area (Å²) in [6.45, 7) is 5.76. The van der Waals surface area contributed by atoms with Crippen molar-refractivity contribution in [3.05, 3.63) is 34.9 Å². The maximum absolute atomic E-state index is 12.1. The molecule has 1 saturated heterocycles. The molecule has 3 N–H and O–H groups in total. The fourth-order valence-corrected chi connectivity index (χ4v) is 2.78. The molecule has 2 aliphatic heterocycles. The lowest BCUT2D eigenvalue weighted by atomic mass is 10.1. The molecule has 0 bridgehead atoms. The maximum Gasteiger partial charge on any atom is 0.240 e. The summed E-state index contributed by atoms with van der Waals surface area (Å²) in [4.78, 5) is 12.1. The van der Waals surface area contributed by atoms with Crippen LogP contribution in [0.2, 0.25) is 0 Å². The molecule has 0 aliphatic carbocycles. The molecule has 0 unspecified atom stereocenters. The van der Waals surface area contributed by atoms with Gasteiger partial charge in [0, 0.05) is 26.2 Å². The molecule has 3 rings (SSSR count). The standard InChI is InChI=1S/C15H21N3O2/c1-10-14(17-4-5-20-10)15(19)18-7-11-2-3-12-8-16-9-13(12)6-11/h2-3,6,10,14,16-17H,4-5,7-9H2,1H3,(H,18,19)/t10-,14+/m1/s1. The van der Waals surface area contributed by atoms with Gasteiger partial charge in [-0.05, 0) is 23.6 Å². The van der Waals surface area contributed by atoms with E-state index in [1.54, 1.807) is 0 Å². The molecule has 0 radical (unpaired) electrons. The predicted molar refractivity (Wildman–Crippen MR) is 76.0 cm³/mol. The summed E-state index contributed by atoms with van der Waals surface area (Å²) >= 11 is 0. The number of benzene rings is 1.